The van der Waals surface area contributed by atoms with E-state index in [2.05, 4.69) is 493 Å². The minimum Gasteiger partial charge on any atom is -0.0653 e. The fourth-order valence-corrected chi connectivity index (χ4v) is 26.9. The smallest absolute Gasteiger partial charge is 0.0215 e. The number of benzene rings is 27. The molecule has 0 saturated carbocycles. The lowest BCUT2D eigenvalue weighted by molar-refractivity contribution is 0.436. The fraction of sp³-hybridized carbons (Fsp3) is 0.119. The van der Waals surface area contributed by atoms with Crippen molar-refractivity contribution < 1.29 is 0 Å². The van der Waals surface area contributed by atoms with Gasteiger partial charge in [0.1, 0.15) is 0 Å². The molecular formula is C143H106. The molecular weight excluding hydrogens is 1720 g/mol. The van der Waals surface area contributed by atoms with E-state index in [0.29, 0.717) is 0 Å². The van der Waals surface area contributed by atoms with E-state index in [-0.39, 0.29) is 21.7 Å². The van der Waals surface area contributed by atoms with Crippen LogP contribution < -0.4 is 0 Å². The second-order valence-corrected chi connectivity index (χ2v) is 43.3. The van der Waals surface area contributed by atoms with Crippen molar-refractivity contribution in [2.45, 2.75) is 110 Å². The van der Waals surface area contributed by atoms with Gasteiger partial charge in [-0.05, 0) is 367 Å². The van der Waals surface area contributed by atoms with Crippen LogP contribution in [0.2, 0.25) is 0 Å². The van der Waals surface area contributed by atoms with Crippen LogP contribution in [0.1, 0.15) is 127 Å². The number of rotatable bonds is 10. The Kier molecular flexibility index (Phi) is 18.8. The molecule has 678 valence electrons. The van der Waals surface area contributed by atoms with Crippen molar-refractivity contribution in [3.05, 3.63) is 470 Å². The molecule has 143 heavy (non-hydrogen) atoms. The van der Waals surface area contributed by atoms with Crippen LogP contribution in [0.4, 0.5) is 0 Å². The largest absolute Gasteiger partial charge is 0.0653 e. The summed E-state index contributed by atoms with van der Waals surface area (Å²) in [4.78, 5) is 0. The van der Waals surface area contributed by atoms with Gasteiger partial charge in [0, 0.05) is 16.2 Å². The minimum atomic E-state index is -0.116. The van der Waals surface area contributed by atoms with Crippen LogP contribution in [0.15, 0.2) is 431 Å². The van der Waals surface area contributed by atoms with Crippen molar-refractivity contribution in [2.24, 2.45) is 0 Å². The monoisotopic (exact) mass is 1820 g/mol. The molecule has 0 saturated heterocycles. The molecule has 0 aliphatic heterocycles. The quantitative estimate of drug-likeness (QED) is 0.0946. The van der Waals surface area contributed by atoms with Crippen LogP contribution in [-0.2, 0) is 21.7 Å². The summed E-state index contributed by atoms with van der Waals surface area (Å²) >= 11 is 0. The maximum atomic E-state index is 2.57. The summed E-state index contributed by atoms with van der Waals surface area (Å²) in [6.45, 7) is 21.1. The predicted molar refractivity (Wildman–Crippen MR) is 618 cm³/mol. The Morgan fingerprint density at radius 3 is 0.804 bits per heavy atom. The molecule has 0 radical (unpaired) electrons. The van der Waals surface area contributed by atoms with Crippen molar-refractivity contribution in [1.29, 1.82) is 0 Å². The lowest BCUT2D eigenvalue weighted by Crippen LogP contribution is -2.25. The predicted octanol–water partition coefficient (Wildman–Crippen LogP) is 40.4. The van der Waals surface area contributed by atoms with Crippen LogP contribution in [0.5, 0.6) is 0 Å². The van der Waals surface area contributed by atoms with E-state index in [0.717, 1.165) is 25.7 Å². The van der Waals surface area contributed by atoms with Gasteiger partial charge in [0.25, 0.3) is 0 Å². The van der Waals surface area contributed by atoms with E-state index in [4.69, 9.17) is 0 Å². The summed E-state index contributed by atoms with van der Waals surface area (Å²) in [7, 11) is 0. The summed E-state index contributed by atoms with van der Waals surface area (Å²) in [5.74, 6) is 0. The van der Waals surface area contributed by atoms with E-state index in [1.54, 1.807) is 0 Å². The molecule has 27 aromatic carbocycles. The Morgan fingerprint density at radius 2 is 0.413 bits per heavy atom. The van der Waals surface area contributed by atoms with E-state index in [1.165, 1.54) is 301 Å². The van der Waals surface area contributed by atoms with E-state index in [1.807, 2.05) is 0 Å². The summed E-state index contributed by atoms with van der Waals surface area (Å²) < 4.78 is 0. The van der Waals surface area contributed by atoms with Crippen molar-refractivity contribution in [2.75, 3.05) is 0 Å². The minimum absolute atomic E-state index is 0.00917. The number of fused-ring (bicyclic) bond motifs is 21. The molecule has 3 aliphatic carbocycles. The molecule has 0 nitrogen and oxygen atoms in total. The van der Waals surface area contributed by atoms with Gasteiger partial charge in [-0.1, -0.05) is 457 Å². The molecule has 0 aromatic heterocycles. The molecule has 0 unspecified atom stereocenters. The standard InChI is InChI=1S/2C49H38.C45H30/c1-48(2,3)35-19-15-31-25-30(13-14-32(31)26-35)33-17-20-39-40-21-18-34(28-45(40)49(4,5)44(39)27-33)36-23-24-43-38-11-7-6-10-37(38)41-12-8-9-29-16-22-42(36)47(43)46(29)41;1-3-27-49(28-4-2)45-29-33(36-17-9-12-31-11-5-6-14-35(31)36)20-22-40(45)41-23-21-34(30-46(41)49)37-25-26-44-39-16-8-7-15-38(39)42-18-10-13-32-19-24-43(37)48(44)47(32)42;1-45(2)41-25-31(30-15-14-27-8-3-4-9-29(27)24-30)17-19-36(41)37-20-18-32(26-42(37)45)33-22-23-40-35-12-6-5-11-34(35)38-13-7-10-28-16-21-39(33)44(40)43(28)38/h6-28H,1-5H3;5-26,29-30H,3-4,27-28H2,1-2H3;3-26H,1-2H3. The Labute approximate surface area is 834 Å². The highest BCUT2D eigenvalue weighted by Crippen LogP contribution is 2.60. The Morgan fingerprint density at radius 1 is 0.168 bits per heavy atom. The highest BCUT2D eigenvalue weighted by molar-refractivity contribution is 6.38. The fourth-order valence-electron chi connectivity index (χ4n) is 26.9. The van der Waals surface area contributed by atoms with Crippen LogP contribution in [0.25, 0.3) is 262 Å². The topological polar surface area (TPSA) is 0 Å². The van der Waals surface area contributed by atoms with Gasteiger partial charge >= 0.3 is 0 Å². The van der Waals surface area contributed by atoms with Crippen molar-refractivity contribution in [3.8, 4) is 100 Å². The van der Waals surface area contributed by atoms with Gasteiger partial charge in [-0.15, -0.1) is 0 Å². The zero-order chi connectivity index (χ0) is 95.8. The Hall–Kier alpha value is -16.4. The number of hydrogen-bond donors (Lipinski definition) is 0. The molecule has 0 spiro atoms. The van der Waals surface area contributed by atoms with Gasteiger partial charge in [-0.2, -0.15) is 0 Å². The third-order valence-corrected chi connectivity index (χ3v) is 33.8. The van der Waals surface area contributed by atoms with Gasteiger partial charge in [0.05, 0.1) is 0 Å². The van der Waals surface area contributed by atoms with Gasteiger partial charge in [0.15, 0.2) is 0 Å². The molecule has 27 aromatic rings. The van der Waals surface area contributed by atoms with Gasteiger partial charge in [0.2, 0.25) is 0 Å². The first-order chi connectivity index (χ1) is 69.9. The summed E-state index contributed by atoms with van der Waals surface area (Å²) in [6, 6.07) is 163. The molecule has 0 heteroatoms. The van der Waals surface area contributed by atoms with E-state index >= 15 is 0 Å². The zero-order valence-electron chi connectivity index (χ0n) is 82.3. The maximum absolute atomic E-state index is 2.57. The van der Waals surface area contributed by atoms with Gasteiger partial charge < -0.3 is 0 Å². The Balaban J connectivity index is 0.000000105. The first kappa shape index (κ1) is 84.7. The van der Waals surface area contributed by atoms with Crippen molar-refractivity contribution >= 4 is 162 Å². The second-order valence-electron chi connectivity index (χ2n) is 43.3. The highest BCUT2D eigenvalue weighted by atomic mass is 14.5. The molecule has 30 rings (SSSR count). The summed E-state index contributed by atoms with van der Waals surface area (Å²) in [6.07, 6.45) is 4.59. The second kappa shape index (κ2) is 31.8. The lowest BCUT2D eigenvalue weighted by atomic mass is 9.70. The maximum Gasteiger partial charge on any atom is 0.0215 e. The first-order valence-corrected chi connectivity index (χ1v) is 51.6. The van der Waals surface area contributed by atoms with Crippen LogP contribution in [0.3, 0.4) is 0 Å². The van der Waals surface area contributed by atoms with Crippen molar-refractivity contribution in [1.82, 2.24) is 0 Å². The van der Waals surface area contributed by atoms with E-state index < -0.39 is 0 Å². The van der Waals surface area contributed by atoms with Crippen LogP contribution in [-0.4, -0.2) is 0 Å². The molecule has 0 heterocycles. The Bertz CT molecular complexity index is 10000. The third kappa shape index (κ3) is 12.8. The normalized spacial score (nSPS) is 13.8. The number of hydrogen-bond acceptors (Lipinski definition) is 0. The zero-order valence-corrected chi connectivity index (χ0v) is 82.3. The third-order valence-electron chi connectivity index (χ3n) is 33.8. The average Bonchev–Trinajstić information content (AvgIpc) is 1.67. The summed E-state index contributed by atoms with van der Waals surface area (Å²) in [5, 5.41) is 40.0. The lowest BCUT2D eigenvalue weighted by Gasteiger charge is -2.32. The van der Waals surface area contributed by atoms with Gasteiger partial charge in [-0.3, -0.25) is 0 Å². The molecule has 0 amide bonds. The summed E-state index contributed by atoms with van der Waals surface area (Å²) in [5.41, 5.74) is 33.7. The average molecular weight is 1820 g/mol. The molecule has 3 aliphatic rings. The molecule has 0 bridgehead atoms. The van der Waals surface area contributed by atoms with Gasteiger partial charge in [-0.25, -0.2) is 0 Å². The SMILES string of the molecule is CC(C)(C)c1ccc2cc(-c3ccc4c(c3)C(C)(C)c3cc(-c5ccc6c7ccccc7c7cccc8ccc5c6c87)ccc3-4)ccc2c1.CC1(C)c2cc(-c3ccc4ccccc4c3)ccc2-c2ccc(-c3ccc4c5ccccc5c5cccc6ccc3c4c65)cc21.CCCC1(CCC)c2cc(-c3cccc4ccccc34)ccc2-c2ccc(-c3ccc4c5ccccc5c5cccc6ccc3c4c65)cc21. The molecule has 0 fully saturated rings. The van der Waals surface area contributed by atoms with Crippen LogP contribution >= 0.6 is 0 Å². The van der Waals surface area contributed by atoms with E-state index in [9.17, 15) is 0 Å². The van der Waals surface area contributed by atoms with Crippen molar-refractivity contribution in [3.63, 3.8) is 0 Å². The molecule has 0 N–H and O–H groups in total. The highest BCUT2D eigenvalue weighted by Gasteiger charge is 2.44. The molecule has 0 atom stereocenters. The van der Waals surface area contributed by atoms with Crippen LogP contribution in [0, 0.1) is 0 Å². The first-order valence-electron chi connectivity index (χ1n) is 51.6.